The van der Waals surface area contributed by atoms with Gasteiger partial charge in [0.05, 0.1) is 44.1 Å². The molecule has 5 aromatic heterocycles. The smallest absolute Gasteiger partial charge is 0.238 e. The highest BCUT2D eigenvalue weighted by molar-refractivity contribution is 6.19. The van der Waals surface area contributed by atoms with Crippen LogP contribution in [0.3, 0.4) is 0 Å². The van der Waals surface area contributed by atoms with Crippen LogP contribution in [0, 0.1) is 0 Å². The molecule has 0 aliphatic rings. The maximum Gasteiger partial charge on any atom is 0.238 e. The van der Waals surface area contributed by atoms with Gasteiger partial charge in [-0.05, 0) is 84.9 Å². The fourth-order valence-electron chi connectivity index (χ4n) is 11.2. The Morgan fingerprint density at radius 3 is 0.914 bits per heavy atom. The topological polar surface area (TPSA) is 58.4 Å². The molecule has 0 N–H and O–H groups in total. The van der Waals surface area contributed by atoms with Crippen LogP contribution in [0.5, 0.6) is 0 Å². The second-order valence-electron chi connectivity index (χ2n) is 18.0. The summed E-state index contributed by atoms with van der Waals surface area (Å²) in [6.07, 6.45) is 0. The van der Waals surface area contributed by atoms with E-state index < -0.39 is 0 Å². The molecule has 5 heterocycles. The Kier molecular flexibility index (Phi) is 8.23. The molecule has 15 rings (SSSR count). The van der Waals surface area contributed by atoms with Crippen molar-refractivity contribution < 1.29 is 0 Å². The summed E-state index contributed by atoms with van der Waals surface area (Å²) in [5.74, 6) is 1.72. The van der Waals surface area contributed by atoms with Gasteiger partial charge in [0.1, 0.15) is 0 Å². The minimum absolute atomic E-state index is 0.546. The minimum Gasteiger partial charge on any atom is -0.309 e. The van der Waals surface area contributed by atoms with Crippen LogP contribution >= 0.6 is 0 Å². The van der Waals surface area contributed by atoms with Gasteiger partial charge < -0.3 is 13.7 Å². The zero-order valence-corrected chi connectivity index (χ0v) is 37.6. The summed E-state index contributed by atoms with van der Waals surface area (Å²) < 4.78 is 9.31. The lowest BCUT2D eigenvalue weighted by Gasteiger charge is -2.13. The lowest BCUT2D eigenvalue weighted by atomic mass is 10.1. The Balaban J connectivity index is 1.03. The average molecular weight is 894 g/mol. The van der Waals surface area contributed by atoms with Crippen LogP contribution in [0.1, 0.15) is 0 Å². The van der Waals surface area contributed by atoms with E-state index in [0.717, 1.165) is 99.3 Å². The number of nitrogens with zero attached hydrogens (tertiary/aromatic N) is 7. The molecule has 70 heavy (non-hydrogen) atoms. The number of hydrogen-bond donors (Lipinski definition) is 0. The van der Waals surface area contributed by atoms with Gasteiger partial charge in [-0.1, -0.05) is 152 Å². The molecule has 15 aromatic rings. The fourth-order valence-corrected chi connectivity index (χ4v) is 11.2. The van der Waals surface area contributed by atoms with Crippen molar-refractivity contribution >= 4 is 87.2 Å². The van der Waals surface area contributed by atoms with Gasteiger partial charge in [-0.3, -0.25) is 4.57 Å². The van der Waals surface area contributed by atoms with E-state index in [0.29, 0.717) is 17.6 Å². The van der Waals surface area contributed by atoms with E-state index in [1.54, 1.807) is 0 Å². The maximum atomic E-state index is 5.51. The van der Waals surface area contributed by atoms with Crippen molar-refractivity contribution in [1.82, 2.24) is 33.2 Å². The zero-order chi connectivity index (χ0) is 45.9. The second kappa shape index (κ2) is 15.0. The first-order valence-corrected chi connectivity index (χ1v) is 23.7. The van der Waals surface area contributed by atoms with Gasteiger partial charge in [-0.25, -0.2) is 4.98 Å². The van der Waals surface area contributed by atoms with Gasteiger partial charge in [0.2, 0.25) is 5.95 Å². The molecule has 0 fully saturated rings. The third kappa shape index (κ3) is 5.66. The molecule has 7 heteroatoms. The van der Waals surface area contributed by atoms with Gasteiger partial charge in [-0.15, -0.1) is 0 Å². The van der Waals surface area contributed by atoms with Crippen molar-refractivity contribution in [2.24, 2.45) is 0 Å². The van der Waals surface area contributed by atoms with Crippen LogP contribution in [0.15, 0.2) is 237 Å². The van der Waals surface area contributed by atoms with Crippen LogP contribution in [-0.4, -0.2) is 33.2 Å². The predicted molar refractivity (Wildman–Crippen MR) is 288 cm³/mol. The van der Waals surface area contributed by atoms with E-state index in [1.165, 1.54) is 16.2 Å². The molecule has 326 valence electrons. The van der Waals surface area contributed by atoms with E-state index in [4.69, 9.17) is 15.0 Å². The van der Waals surface area contributed by atoms with Crippen molar-refractivity contribution in [3.05, 3.63) is 237 Å². The summed E-state index contributed by atoms with van der Waals surface area (Å²) in [6.45, 7) is 0. The van der Waals surface area contributed by atoms with Crippen LogP contribution in [0.2, 0.25) is 0 Å². The Morgan fingerprint density at radius 1 is 0.214 bits per heavy atom. The van der Waals surface area contributed by atoms with E-state index in [2.05, 4.69) is 255 Å². The lowest BCUT2D eigenvalue weighted by Crippen LogP contribution is -2.06. The average Bonchev–Trinajstić information content (AvgIpc) is 4.15. The number of fused-ring (bicyclic) bond motifs is 12. The minimum atomic E-state index is 0.546. The monoisotopic (exact) mass is 893 g/mol. The third-order valence-corrected chi connectivity index (χ3v) is 14.2. The molecule has 0 amide bonds. The Hall–Kier alpha value is -9.59. The second-order valence-corrected chi connectivity index (χ2v) is 18.0. The van der Waals surface area contributed by atoms with Crippen LogP contribution in [0.25, 0.3) is 133 Å². The van der Waals surface area contributed by atoms with Crippen LogP contribution in [0.4, 0.5) is 0 Å². The molecule has 0 spiro atoms. The lowest BCUT2D eigenvalue weighted by molar-refractivity contribution is 0.954. The summed E-state index contributed by atoms with van der Waals surface area (Å²) in [5, 5.41) is 9.29. The van der Waals surface area contributed by atoms with E-state index in [1.807, 2.05) is 0 Å². The molecule has 0 aliphatic heterocycles. The fraction of sp³-hybridized carbons (Fsp3) is 0. The Bertz CT molecular complexity index is 4400. The highest BCUT2D eigenvalue weighted by atomic mass is 15.2. The van der Waals surface area contributed by atoms with Gasteiger partial charge in [0.25, 0.3) is 0 Å². The first kappa shape index (κ1) is 38.5. The molecule has 0 radical (unpaired) electrons. The third-order valence-electron chi connectivity index (χ3n) is 14.2. The predicted octanol–water partition coefficient (Wildman–Crippen LogP) is 15.6. The van der Waals surface area contributed by atoms with Gasteiger partial charge in [-0.2, -0.15) is 9.97 Å². The normalized spacial score (nSPS) is 12.0. The molecular weight excluding hydrogens is 855 g/mol. The SMILES string of the molecule is c1ccc(-n2c3ccccc3c3ccc(-c4nc(-c5ccc6c7ccccc7n(-c7ccccc7)c6c5)nc(-n5c6ccccc6c6cc7c(cc65)c5ccccc5n7-c5ccccc5)n4)cc32)cc1. The highest BCUT2D eigenvalue weighted by Gasteiger charge is 2.23. The number of benzene rings is 10. The summed E-state index contributed by atoms with van der Waals surface area (Å²) in [4.78, 5) is 16.5. The largest absolute Gasteiger partial charge is 0.309 e. The molecule has 7 nitrogen and oxygen atoms in total. The summed E-state index contributed by atoms with van der Waals surface area (Å²) in [5.41, 5.74) is 13.9. The molecule has 0 atom stereocenters. The van der Waals surface area contributed by atoms with Crippen molar-refractivity contribution in [3.8, 4) is 45.8 Å². The van der Waals surface area contributed by atoms with Gasteiger partial charge in [0, 0.05) is 71.3 Å². The van der Waals surface area contributed by atoms with Crippen molar-refractivity contribution in [3.63, 3.8) is 0 Å². The van der Waals surface area contributed by atoms with Crippen LogP contribution in [-0.2, 0) is 0 Å². The number of rotatable bonds is 6. The molecule has 0 saturated heterocycles. The molecular formula is C63H39N7. The van der Waals surface area contributed by atoms with Gasteiger partial charge >= 0.3 is 0 Å². The highest BCUT2D eigenvalue weighted by Crippen LogP contribution is 2.41. The van der Waals surface area contributed by atoms with E-state index in [9.17, 15) is 0 Å². The summed E-state index contributed by atoms with van der Waals surface area (Å²) in [6, 6.07) is 84.3. The van der Waals surface area contributed by atoms with Crippen molar-refractivity contribution in [2.75, 3.05) is 0 Å². The molecule has 0 aliphatic carbocycles. The van der Waals surface area contributed by atoms with Crippen LogP contribution < -0.4 is 0 Å². The standard InChI is InChI=1S/C63H39N7/c1-4-18-42(19-5-1)67-53-28-14-10-24-45(53)49-34-32-40(36-57(49)67)61-64-62(41-33-35-50-46-25-11-15-29-54(46)68(58(50)37-41)43-20-6-2-7-21-43)66-63(65-61)70-56-31-17-13-27-48(56)52-38-59-51(39-60(52)70)47-26-12-16-30-55(47)69(59)44-22-8-3-9-23-44/h1-39H. The number of hydrogen-bond acceptors (Lipinski definition) is 3. The quantitative estimate of drug-likeness (QED) is 0.167. The van der Waals surface area contributed by atoms with Crippen molar-refractivity contribution in [2.45, 2.75) is 0 Å². The van der Waals surface area contributed by atoms with Gasteiger partial charge in [0.15, 0.2) is 11.6 Å². The molecule has 0 saturated carbocycles. The zero-order valence-electron chi connectivity index (χ0n) is 37.6. The molecule has 0 bridgehead atoms. The number of aromatic nitrogens is 7. The number of para-hydroxylation sites is 7. The first-order valence-electron chi connectivity index (χ1n) is 23.7. The van der Waals surface area contributed by atoms with Crippen molar-refractivity contribution in [1.29, 1.82) is 0 Å². The Labute approximate surface area is 401 Å². The van der Waals surface area contributed by atoms with E-state index >= 15 is 0 Å². The molecule has 10 aromatic carbocycles. The molecule has 0 unspecified atom stereocenters. The summed E-state index contributed by atoms with van der Waals surface area (Å²) in [7, 11) is 0. The first-order chi connectivity index (χ1) is 34.7. The Morgan fingerprint density at radius 2 is 0.514 bits per heavy atom. The van der Waals surface area contributed by atoms with E-state index in [-0.39, 0.29) is 0 Å². The summed E-state index contributed by atoms with van der Waals surface area (Å²) >= 11 is 0. The maximum absolute atomic E-state index is 5.51.